The molecule has 0 bridgehead atoms. The van der Waals surface area contributed by atoms with Crippen molar-refractivity contribution in [3.63, 3.8) is 0 Å². The van der Waals surface area contributed by atoms with Gasteiger partial charge >= 0.3 is 0 Å². The SMILES string of the molecule is CC1=C(c2ccc(CNC(=O)[C@@H]3C[C@@H](O)CN3C(=O)C(NC(=O)COCCOCCOc3ccc(NC(=O)CC4N=C(c5ccc(Cl)cc5)c5c([nH]c(C)c5C)-n5c(C)nnc54)cc3)C(C)(C)C)cc2)CC=N1. The number of H-pyrrole nitrogens is 1. The van der Waals surface area contributed by atoms with E-state index in [-0.39, 0.29) is 70.8 Å². The number of amides is 4. The number of aliphatic hydroxyl groups excluding tert-OH is 1. The lowest BCUT2D eigenvalue weighted by molar-refractivity contribution is -0.144. The van der Waals surface area contributed by atoms with Crippen LogP contribution in [0.15, 0.2) is 88.5 Å². The number of nitrogens with one attached hydrogen (secondary N) is 4. The summed E-state index contributed by atoms with van der Waals surface area (Å²) in [5.74, 6) is 1.01. The summed E-state index contributed by atoms with van der Waals surface area (Å²) in [6.45, 7) is 14.1. The van der Waals surface area contributed by atoms with Crippen molar-refractivity contribution in [2.24, 2.45) is 15.4 Å². The molecule has 384 valence electrons. The Hall–Kier alpha value is -6.99. The Balaban J connectivity index is 0.752. The van der Waals surface area contributed by atoms with E-state index in [0.29, 0.717) is 28.1 Å². The molecule has 8 rings (SSSR count). The molecule has 0 saturated carbocycles. The number of carbonyl (C=O) groups is 4. The fourth-order valence-corrected chi connectivity index (χ4v) is 9.30. The number of hydrogen-bond acceptors (Lipinski definition) is 12. The van der Waals surface area contributed by atoms with Crippen LogP contribution in [0.3, 0.4) is 0 Å². The molecular formula is C54H63ClN10O8. The molecule has 3 aromatic carbocycles. The number of rotatable bonds is 19. The molecule has 19 heteroatoms. The number of aromatic amines is 1. The van der Waals surface area contributed by atoms with Gasteiger partial charge in [0.1, 0.15) is 48.7 Å². The van der Waals surface area contributed by atoms with Gasteiger partial charge in [0, 0.05) is 65.4 Å². The summed E-state index contributed by atoms with van der Waals surface area (Å²) in [4.78, 5) is 68.5. The third-order valence-corrected chi connectivity index (χ3v) is 13.4. The van der Waals surface area contributed by atoms with Crippen LogP contribution in [-0.2, 0) is 35.2 Å². The summed E-state index contributed by atoms with van der Waals surface area (Å²) in [5.41, 5.74) is 8.54. The Bertz CT molecular complexity index is 2920. The van der Waals surface area contributed by atoms with Crippen LogP contribution in [0.2, 0.25) is 5.02 Å². The van der Waals surface area contributed by atoms with Crippen molar-refractivity contribution in [2.75, 3.05) is 44.9 Å². The highest BCUT2D eigenvalue weighted by Crippen LogP contribution is 2.36. The largest absolute Gasteiger partial charge is 0.491 e. The highest BCUT2D eigenvalue weighted by molar-refractivity contribution is 6.30. The number of ether oxygens (including phenoxy) is 3. The second-order valence-electron chi connectivity index (χ2n) is 19.6. The molecule has 3 aliphatic rings. The molecule has 0 radical (unpaired) electrons. The Kier molecular flexibility index (Phi) is 16.4. The van der Waals surface area contributed by atoms with Crippen LogP contribution in [0.4, 0.5) is 5.69 Å². The zero-order chi connectivity index (χ0) is 52.0. The average molecular weight is 1020 g/mol. The Morgan fingerprint density at radius 2 is 1.58 bits per heavy atom. The van der Waals surface area contributed by atoms with E-state index < -0.39 is 41.5 Å². The van der Waals surface area contributed by atoms with Crippen molar-refractivity contribution in [3.05, 3.63) is 129 Å². The molecule has 3 aliphatic heterocycles. The predicted molar refractivity (Wildman–Crippen MR) is 278 cm³/mol. The normalized spacial score (nSPS) is 17.7. The molecule has 5 heterocycles. The van der Waals surface area contributed by atoms with Crippen molar-refractivity contribution >= 4 is 58.4 Å². The van der Waals surface area contributed by atoms with Crippen LogP contribution in [0.5, 0.6) is 5.75 Å². The smallest absolute Gasteiger partial charge is 0.246 e. The molecule has 4 amide bonds. The van der Waals surface area contributed by atoms with E-state index in [1.54, 1.807) is 24.3 Å². The predicted octanol–water partition coefficient (Wildman–Crippen LogP) is 6.52. The van der Waals surface area contributed by atoms with Gasteiger partial charge in [0.05, 0.1) is 38.1 Å². The number of fused-ring (bicyclic) bond motifs is 3. The molecule has 2 unspecified atom stereocenters. The van der Waals surface area contributed by atoms with E-state index in [1.165, 1.54) is 10.5 Å². The van der Waals surface area contributed by atoms with Crippen LogP contribution in [0, 0.1) is 26.2 Å². The number of aliphatic hydroxyl groups is 1. The monoisotopic (exact) mass is 1010 g/mol. The number of hydrogen-bond donors (Lipinski definition) is 5. The first-order chi connectivity index (χ1) is 34.9. The van der Waals surface area contributed by atoms with E-state index in [9.17, 15) is 24.3 Å². The maximum Gasteiger partial charge on any atom is 0.246 e. The highest BCUT2D eigenvalue weighted by atomic mass is 35.5. The topological polar surface area (TPSA) is 227 Å². The first-order valence-electron chi connectivity index (χ1n) is 24.5. The molecule has 0 spiro atoms. The molecule has 4 atom stereocenters. The first kappa shape index (κ1) is 52.3. The molecular weight excluding hydrogens is 952 g/mol. The maximum absolute atomic E-state index is 14.0. The van der Waals surface area contributed by atoms with Crippen molar-refractivity contribution in [1.29, 1.82) is 0 Å². The Labute approximate surface area is 429 Å². The number of anilines is 1. The van der Waals surface area contributed by atoms with Gasteiger partial charge in [0.15, 0.2) is 5.82 Å². The summed E-state index contributed by atoms with van der Waals surface area (Å²) in [6, 6.07) is 19.9. The average Bonchev–Trinajstić information content (AvgIpc) is 4.13. The summed E-state index contributed by atoms with van der Waals surface area (Å²) in [5, 5.41) is 28.7. The number of halogens is 1. The first-order valence-corrected chi connectivity index (χ1v) is 24.8. The zero-order valence-electron chi connectivity index (χ0n) is 42.3. The van der Waals surface area contributed by atoms with Gasteiger partial charge in [-0.3, -0.25) is 33.7 Å². The fraction of sp³-hybridized carbons (Fsp3) is 0.407. The standard InChI is InChI=1S/C54H63ClN10O8/c1-31-32(2)58-51-47(31)48(37-12-14-38(55)15-13-37)60-43(50-63-62-34(4)65(50)51)27-45(67)59-39-16-18-41(19-17-39)73-25-24-71-22-23-72-30-46(68)61-49(54(5,6)7)53(70)64-29-40(66)26-44(64)52(69)57-28-35-8-10-36(11-9-35)42-20-21-56-33(42)3/h8-19,21,40,43-44,49,58,66H,20,22-30H2,1-7H3,(H,57,69)(H,59,67)(H,61,68)/t40-,43?,44+,49?/m1/s1. The Morgan fingerprint density at radius 3 is 2.27 bits per heavy atom. The van der Waals surface area contributed by atoms with E-state index in [2.05, 4.69) is 36.1 Å². The van der Waals surface area contributed by atoms with Gasteiger partial charge in [-0.2, -0.15) is 0 Å². The molecule has 1 fully saturated rings. The van der Waals surface area contributed by atoms with E-state index in [4.69, 9.17) is 30.8 Å². The molecule has 0 aliphatic carbocycles. The van der Waals surface area contributed by atoms with Gasteiger partial charge < -0.3 is 45.2 Å². The summed E-state index contributed by atoms with van der Waals surface area (Å²) < 4.78 is 19.0. The van der Waals surface area contributed by atoms with Gasteiger partial charge in [0.2, 0.25) is 23.6 Å². The molecule has 5 aromatic rings. The molecule has 1 saturated heterocycles. The van der Waals surface area contributed by atoms with E-state index in [1.807, 2.05) is 108 Å². The van der Waals surface area contributed by atoms with Crippen LogP contribution in [0.1, 0.15) is 98.2 Å². The molecule has 73 heavy (non-hydrogen) atoms. The van der Waals surface area contributed by atoms with Crippen molar-refractivity contribution < 1.29 is 38.5 Å². The highest BCUT2D eigenvalue weighted by Gasteiger charge is 2.44. The summed E-state index contributed by atoms with van der Waals surface area (Å²) >= 11 is 6.24. The maximum atomic E-state index is 14.0. The lowest BCUT2D eigenvalue weighted by atomic mass is 9.85. The molecule has 2 aromatic heterocycles. The van der Waals surface area contributed by atoms with Crippen LogP contribution < -0.4 is 20.7 Å². The third kappa shape index (κ3) is 12.4. The quantitative estimate of drug-likeness (QED) is 0.0563. The number of likely N-dealkylation sites (tertiary alicyclic amines) is 1. The van der Waals surface area contributed by atoms with Gasteiger partial charge in [-0.1, -0.05) is 68.8 Å². The second-order valence-corrected chi connectivity index (χ2v) is 20.0. The molecule has 18 nitrogen and oxygen atoms in total. The minimum Gasteiger partial charge on any atom is -0.491 e. The van der Waals surface area contributed by atoms with Gasteiger partial charge in [-0.05, 0) is 91.8 Å². The summed E-state index contributed by atoms with van der Waals surface area (Å²) in [6.07, 6.45) is 1.89. The number of carbonyl (C=O) groups excluding carboxylic acids is 4. The number of nitrogens with zero attached hydrogens (tertiary/aromatic N) is 6. The van der Waals surface area contributed by atoms with Crippen molar-refractivity contribution in [3.8, 4) is 11.6 Å². The number of β-amino-alcohol motifs (C(OH)–C–C–N with tert-alkyl or cyclic N) is 1. The van der Waals surface area contributed by atoms with Gasteiger partial charge in [0.25, 0.3) is 0 Å². The van der Waals surface area contributed by atoms with Crippen molar-refractivity contribution in [1.82, 2.24) is 35.3 Å². The number of aromatic nitrogens is 4. The lowest BCUT2D eigenvalue weighted by Crippen LogP contribution is -2.58. The number of allylic oxidation sites excluding steroid dienone is 2. The number of aliphatic imine (C=N–C) groups is 2. The van der Waals surface area contributed by atoms with Crippen LogP contribution in [-0.4, -0.2) is 123 Å². The lowest BCUT2D eigenvalue weighted by Gasteiger charge is -2.35. The van der Waals surface area contributed by atoms with Gasteiger partial charge in [-0.25, -0.2) is 0 Å². The zero-order valence-corrected chi connectivity index (χ0v) is 43.0. The fourth-order valence-electron chi connectivity index (χ4n) is 9.17. The van der Waals surface area contributed by atoms with E-state index >= 15 is 0 Å². The Morgan fingerprint density at radius 1 is 0.877 bits per heavy atom. The number of benzene rings is 3. The second kappa shape index (κ2) is 22.8. The van der Waals surface area contributed by atoms with Crippen LogP contribution in [0.25, 0.3) is 11.4 Å². The minimum atomic E-state index is -0.986. The minimum absolute atomic E-state index is 0.0123. The summed E-state index contributed by atoms with van der Waals surface area (Å²) in [7, 11) is 0. The van der Waals surface area contributed by atoms with Gasteiger partial charge in [-0.15, -0.1) is 10.2 Å². The third-order valence-electron chi connectivity index (χ3n) is 13.2. The number of aryl methyl sites for hydroxylation is 2. The van der Waals surface area contributed by atoms with Crippen molar-refractivity contribution in [2.45, 2.75) is 98.5 Å². The molecule has 5 N–H and O–H groups in total. The van der Waals surface area contributed by atoms with Crippen LogP contribution >= 0.6 is 11.6 Å². The van der Waals surface area contributed by atoms with E-state index in [0.717, 1.165) is 57.2 Å².